The lowest BCUT2D eigenvalue weighted by molar-refractivity contribution is 0.319. The molecule has 2 unspecified atom stereocenters. The lowest BCUT2D eigenvalue weighted by Gasteiger charge is -2.35. The van der Waals surface area contributed by atoms with E-state index in [1.54, 1.807) is 6.07 Å². The summed E-state index contributed by atoms with van der Waals surface area (Å²) in [4.78, 5) is 4.42. The minimum atomic E-state index is -1.28. The maximum Gasteiger partial charge on any atom is 0.128 e. The molecule has 31 heavy (non-hydrogen) atoms. The second-order valence-electron chi connectivity index (χ2n) is 7.62. The van der Waals surface area contributed by atoms with Crippen LogP contribution in [0.5, 0.6) is 0 Å². The number of halogens is 3. The molecule has 5 rings (SSSR count). The van der Waals surface area contributed by atoms with Crippen LogP contribution in [-0.4, -0.2) is 20.0 Å². The average Bonchev–Trinajstić information content (AvgIpc) is 3.14. The lowest BCUT2D eigenvalue weighted by atomic mass is 9.94. The zero-order valence-corrected chi connectivity index (χ0v) is 20.4. The highest BCUT2D eigenvalue weighted by atomic mass is 79.9. The zero-order chi connectivity index (χ0) is 21.5. The summed E-state index contributed by atoms with van der Waals surface area (Å²) in [7, 11) is -1.28. The Morgan fingerprint density at radius 3 is 2.65 bits per heavy atom. The third-order valence-electron chi connectivity index (χ3n) is 5.75. The highest BCUT2D eigenvalue weighted by Gasteiger charge is 2.34. The van der Waals surface area contributed by atoms with Crippen LogP contribution < -0.4 is 0 Å². The molecule has 0 radical (unpaired) electrons. The average molecular weight is 534 g/mol. The van der Waals surface area contributed by atoms with Gasteiger partial charge in [-0.15, -0.1) is 0 Å². The molecule has 0 saturated carbocycles. The summed E-state index contributed by atoms with van der Waals surface area (Å²) in [5.74, 6) is 0. The first-order chi connectivity index (χ1) is 15.0. The number of rotatable bonds is 4. The molecule has 4 aromatic rings. The van der Waals surface area contributed by atoms with Gasteiger partial charge in [-0.05, 0) is 66.4 Å². The van der Waals surface area contributed by atoms with Gasteiger partial charge in [0.1, 0.15) is 11.0 Å². The third kappa shape index (κ3) is 4.10. The van der Waals surface area contributed by atoms with Gasteiger partial charge in [0.25, 0.3) is 0 Å². The van der Waals surface area contributed by atoms with E-state index in [1.807, 2.05) is 48.5 Å². The van der Waals surface area contributed by atoms with Gasteiger partial charge >= 0.3 is 0 Å². The standard InChI is InChI=1S/C24H19BrCl2N2OS/c25-16-7-9-22-20(13-16)19-10-11-29(31(30)18-4-2-1-3-5-18)23(24(19)28-22)12-15-6-8-17(26)14-21(15)27/h1-9,13-14,23,28H,10-12H2. The van der Waals surface area contributed by atoms with Gasteiger partial charge in [-0.3, -0.25) is 0 Å². The van der Waals surface area contributed by atoms with Crippen molar-refractivity contribution in [1.29, 1.82) is 0 Å². The summed E-state index contributed by atoms with van der Waals surface area (Å²) in [6, 6.07) is 21.4. The Labute approximate surface area is 202 Å². The SMILES string of the molecule is O=S(c1ccccc1)N1CCc2c([nH]c3ccc(Br)cc23)C1Cc1ccc(Cl)cc1Cl. The first-order valence-corrected chi connectivity index (χ1v) is 12.6. The molecule has 1 aliphatic rings. The van der Waals surface area contributed by atoms with Crippen LogP contribution in [0.25, 0.3) is 10.9 Å². The fourth-order valence-electron chi connectivity index (χ4n) is 4.29. The molecule has 1 aliphatic heterocycles. The van der Waals surface area contributed by atoms with Crippen molar-refractivity contribution in [2.75, 3.05) is 6.54 Å². The van der Waals surface area contributed by atoms with Gasteiger partial charge in [0, 0.05) is 37.7 Å². The minimum absolute atomic E-state index is 0.102. The Morgan fingerprint density at radius 1 is 1.06 bits per heavy atom. The van der Waals surface area contributed by atoms with Crippen molar-refractivity contribution in [3.63, 3.8) is 0 Å². The molecule has 2 heterocycles. The van der Waals surface area contributed by atoms with Crippen molar-refractivity contribution >= 4 is 61.0 Å². The number of benzene rings is 3. The van der Waals surface area contributed by atoms with Gasteiger partial charge in [0.15, 0.2) is 0 Å². The number of aromatic amines is 1. The van der Waals surface area contributed by atoms with Crippen molar-refractivity contribution in [2.24, 2.45) is 0 Å². The van der Waals surface area contributed by atoms with Crippen LogP contribution in [0.15, 0.2) is 76.1 Å². The number of H-pyrrole nitrogens is 1. The van der Waals surface area contributed by atoms with E-state index in [1.165, 1.54) is 10.9 Å². The monoisotopic (exact) mass is 532 g/mol. The van der Waals surface area contributed by atoms with E-state index >= 15 is 0 Å². The van der Waals surface area contributed by atoms with Crippen LogP contribution in [0.4, 0.5) is 0 Å². The van der Waals surface area contributed by atoms with Gasteiger partial charge in [-0.2, -0.15) is 0 Å². The van der Waals surface area contributed by atoms with Crippen LogP contribution in [0.2, 0.25) is 10.0 Å². The number of nitrogens with one attached hydrogen (secondary N) is 1. The Kier molecular flexibility index (Phi) is 5.97. The fraction of sp³-hybridized carbons (Fsp3) is 0.167. The zero-order valence-electron chi connectivity index (χ0n) is 16.4. The quantitative estimate of drug-likeness (QED) is 0.298. The van der Waals surface area contributed by atoms with E-state index in [4.69, 9.17) is 23.2 Å². The predicted octanol–water partition coefficient (Wildman–Crippen LogP) is 7.10. The van der Waals surface area contributed by atoms with E-state index in [0.29, 0.717) is 23.0 Å². The van der Waals surface area contributed by atoms with E-state index in [0.717, 1.165) is 32.6 Å². The Morgan fingerprint density at radius 2 is 1.87 bits per heavy atom. The number of hydrogen-bond acceptors (Lipinski definition) is 1. The Balaban J connectivity index is 1.62. The van der Waals surface area contributed by atoms with Crippen molar-refractivity contribution in [1.82, 2.24) is 9.29 Å². The van der Waals surface area contributed by atoms with Gasteiger partial charge in [0.2, 0.25) is 0 Å². The summed E-state index contributed by atoms with van der Waals surface area (Å²) in [5.41, 5.74) is 4.47. The molecular weight excluding hydrogens is 515 g/mol. The van der Waals surface area contributed by atoms with Gasteiger partial charge in [0.05, 0.1) is 10.9 Å². The number of hydrogen-bond donors (Lipinski definition) is 1. The van der Waals surface area contributed by atoms with Gasteiger partial charge < -0.3 is 4.98 Å². The van der Waals surface area contributed by atoms with Crippen LogP contribution in [0, 0.1) is 0 Å². The molecule has 0 amide bonds. The largest absolute Gasteiger partial charge is 0.357 e. The first kappa shape index (κ1) is 21.2. The Hall–Kier alpha value is -1.63. The number of aromatic nitrogens is 1. The molecule has 0 spiro atoms. The molecular formula is C24H19BrCl2N2OS. The van der Waals surface area contributed by atoms with Crippen molar-refractivity contribution in [2.45, 2.75) is 23.8 Å². The van der Waals surface area contributed by atoms with Gasteiger partial charge in [-0.1, -0.05) is 63.4 Å². The molecule has 0 aliphatic carbocycles. The second-order valence-corrected chi connectivity index (χ2v) is 10.8. The van der Waals surface area contributed by atoms with Crippen molar-refractivity contribution in [3.05, 3.63) is 98.1 Å². The molecule has 0 bridgehead atoms. The lowest BCUT2D eigenvalue weighted by Crippen LogP contribution is -2.38. The highest BCUT2D eigenvalue weighted by Crippen LogP contribution is 2.40. The van der Waals surface area contributed by atoms with Crippen LogP contribution in [0.1, 0.15) is 22.9 Å². The summed E-state index contributed by atoms with van der Waals surface area (Å²) < 4.78 is 16.7. The molecule has 0 saturated heterocycles. The van der Waals surface area contributed by atoms with Crippen LogP contribution >= 0.6 is 39.1 Å². The molecule has 0 fully saturated rings. The maximum absolute atomic E-state index is 13.6. The van der Waals surface area contributed by atoms with Crippen molar-refractivity contribution in [3.8, 4) is 0 Å². The molecule has 2 atom stereocenters. The van der Waals surface area contributed by atoms with Crippen LogP contribution in [0.3, 0.4) is 0 Å². The maximum atomic E-state index is 13.6. The minimum Gasteiger partial charge on any atom is -0.357 e. The third-order valence-corrected chi connectivity index (χ3v) is 8.37. The topological polar surface area (TPSA) is 36.1 Å². The molecule has 7 heteroatoms. The highest BCUT2D eigenvalue weighted by molar-refractivity contribution is 9.10. The summed E-state index contributed by atoms with van der Waals surface area (Å²) in [6.45, 7) is 0.698. The molecule has 3 nitrogen and oxygen atoms in total. The normalized spacial score (nSPS) is 17.6. The van der Waals surface area contributed by atoms with Crippen LogP contribution in [-0.2, 0) is 23.8 Å². The molecule has 3 aromatic carbocycles. The Bertz CT molecular complexity index is 1290. The summed E-state index contributed by atoms with van der Waals surface area (Å²) in [5, 5.41) is 2.45. The van der Waals surface area contributed by atoms with E-state index in [2.05, 4.69) is 37.4 Å². The van der Waals surface area contributed by atoms with Gasteiger partial charge in [-0.25, -0.2) is 8.51 Å². The fourth-order valence-corrected chi connectivity index (χ4v) is 6.46. The van der Waals surface area contributed by atoms with E-state index in [9.17, 15) is 4.21 Å². The summed E-state index contributed by atoms with van der Waals surface area (Å²) >= 11 is 16.2. The predicted molar refractivity (Wildman–Crippen MR) is 132 cm³/mol. The first-order valence-electron chi connectivity index (χ1n) is 9.99. The van der Waals surface area contributed by atoms with E-state index in [-0.39, 0.29) is 6.04 Å². The number of nitrogens with zero attached hydrogens (tertiary/aromatic N) is 1. The second kappa shape index (κ2) is 8.72. The van der Waals surface area contributed by atoms with Crippen molar-refractivity contribution < 1.29 is 4.21 Å². The van der Waals surface area contributed by atoms with E-state index < -0.39 is 11.0 Å². The molecule has 1 N–H and O–H groups in total. The smallest absolute Gasteiger partial charge is 0.128 e. The molecule has 1 aromatic heterocycles. The summed E-state index contributed by atoms with van der Waals surface area (Å²) in [6.07, 6.45) is 1.46. The number of fused-ring (bicyclic) bond motifs is 3. The molecule has 158 valence electrons.